The third kappa shape index (κ3) is 3.51. The topological polar surface area (TPSA) is 83.7 Å². The van der Waals surface area contributed by atoms with Gasteiger partial charge < -0.3 is 4.90 Å². The fraction of sp³-hybridized carbons (Fsp3) is 0.450. The molecule has 1 saturated heterocycles. The molecule has 1 aromatic carbocycles. The van der Waals surface area contributed by atoms with Crippen LogP contribution in [0.15, 0.2) is 35.5 Å². The summed E-state index contributed by atoms with van der Waals surface area (Å²) in [7, 11) is -4.29. The quantitative estimate of drug-likeness (QED) is 0.590. The van der Waals surface area contributed by atoms with Crippen LogP contribution in [0.2, 0.25) is 0 Å². The standard InChI is InChI=1S/C20H21F3N6O2S/c21-20(22,23)15-6-2-4-8-17(15)32(30,31)28-11-9-27(10-12-28)18-14-5-1-3-7-16(14)26-19-24-13-25-29(18)19/h2,4,6,8,13H,1,3,5,7,9-12H2. The molecule has 0 saturated carbocycles. The SMILES string of the molecule is O=S(=O)(c1ccccc1C(F)(F)F)N1CCN(c2c3c(nc4ncnn24)CCCC3)CC1. The summed E-state index contributed by atoms with van der Waals surface area (Å²) in [5.74, 6) is 1.35. The Labute approximate surface area is 182 Å². The Balaban J connectivity index is 1.44. The number of halogens is 3. The van der Waals surface area contributed by atoms with E-state index in [2.05, 4.69) is 15.1 Å². The highest BCUT2D eigenvalue weighted by Crippen LogP contribution is 2.36. The van der Waals surface area contributed by atoms with E-state index in [1.807, 2.05) is 4.90 Å². The third-order valence-electron chi connectivity index (χ3n) is 6.02. The number of nitrogens with zero attached hydrogens (tertiary/aromatic N) is 6. The van der Waals surface area contributed by atoms with E-state index in [1.165, 1.54) is 18.5 Å². The molecule has 3 heterocycles. The van der Waals surface area contributed by atoms with Gasteiger partial charge in [-0.2, -0.15) is 32.1 Å². The van der Waals surface area contributed by atoms with Crippen LogP contribution in [0.4, 0.5) is 19.0 Å². The second-order valence-electron chi connectivity index (χ2n) is 7.92. The molecule has 0 amide bonds. The maximum Gasteiger partial charge on any atom is 0.417 e. The van der Waals surface area contributed by atoms with Gasteiger partial charge in [0.05, 0.1) is 16.2 Å². The monoisotopic (exact) mass is 466 g/mol. The van der Waals surface area contributed by atoms with E-state index in [-0.39, 0.29) is 13.1 Å². The summed E-state index contributed by atoms with van der Waals surface area (Å²) in [5.41, 5.74) is 0.934. The zero-order valence-corrected chi connectivity index (χ0v) is 17.9. The summed E-state index contributed by atoms with van der Waals surface area (Å²) in [5, 5.41) is 4.30. The molecule has 0 atom stereocenters. The molecule has 32 heavy (non-hydrogen) atoms. The van der Waals surface area contributed by atoms with Gasteiger partial charge in [-0.25, -0.2) is 13.4 Å². The Morgan fingerprint density at radius 3 is 2.44 bits per heavy atom. The van der Waals surface area contributed by atoms with Crippen molar-refractivity contribution in [3.8, 4) is 0 Å². The largest absolute Gasteiger partial charge is 0.417 e. The van der Waals surface area contributed by atoms with Crippen molar-refractivity contribution in [2.24, 2.45) is 0 Å². The van der Waals surface area contributed by atoms with Crippen LogP contribution in [-0.2, 0) is 29.0 Å². The number of alkyl halides is 3. The van der Waals surface area contributed by atoms with E-state index in [1.54, 1.807) is 4.52 Å². The van der Waals surface area contributed by atoms with Gasteiger partial charge in [0.2, 0.25) is 10.0 Å². The molecule has 12 heteroatoms. The van der Waals surface area contributed by atoms with Gasteiger partial charge >= 0.3 is 6.18 Å². The number of piperazine rings is 1. The second kappa shape index (κ2) is 7.69. The number of hydrogen-bond donors (Lipinski definition) is 0. The van der Waals surface area contributed by atoms with Crippen LogP contribution in [0.3, 0.4) is 0 Å². The van der Waals surface area contributed by atoms with Gasteiger partial charge in [-0.3, -0.25) is 0 Å². The first kappa shape index (κ1) is 21.1. The predicted molar refractivity (Wildman–Crippen MR) is 110 cm³/mol. The molecule has 1 aliphatic heterocycles. The van der Waals surface area contributed by atoms with Crippen LogP contribution in [0, 0.1) is 0 Å². The minimum absolute atomic E-state index is 0.0712. The molecule has 0 radical (unpaired) electrons. The number of aromatic nitrogens is 4. The summed E-state index contributed by atoms with van der Waals surface area (Å²) in [6.07, 6.45) is 0.477. The molecule has 2 aliphatic rings. The van der Waals surface area contributed by atoms with Crippen molar-refractivity contribution in [3.63, 3.8) is 0 Å². The van der Waals surface area contributed by atoms with Crippen molar-refractivity contribution in [2.45, 2.75) is 36.8 Å². The Bertz CT molecular complexity index is 1270. The predicted octanol–water partition coefficient (Wildman–Crippen LogP) is 2.53. The highest BCUT2D eigenvalue weighted by molar-refractivity contribution is 7.89. The van der Waals surface area contributed by atoms with Crippen LogP contribution in [0.5, 0.6) is 0 Å². The minimum Gasteiger partial charge on any atom is -0.354 e. The molecule has 0 spiro atoms. The van der Waals surface area contributed by atoms with E-state index < -0.39 is 26.7 Å². The first-order chi connectivity index (χ1) is 15.3. The van der Waals surface area contributed by atoms with Gasteiger partial charge in [0.15, 0.2) is 0 Å². The van der Waals surface area contributed by atoms with Crippen LogP contribution in [0.1, 0.15) is 29.7 Å². The molecule has 8 nitrogen and oxygen atoms in total. The van der Waals surface area contributed by atoms with Crippen molar-refractivity contribution < 1.29 is 21.6 Å². The maximum atomic E-state index is 13.4. The molecule has 1 aliphatic carbocycles. The lowest BCUT2D eigenvalue weighted by atomic mass is 9.96. The van der Waals surface area contributed by atoms with Gasteiger partial charge in [0, 0.05) is 31.7 Å². The molecule has 170 valence electrons. The third-order valence-corrected chi connectivity index (χ3v) is 7.98. The molecule has 0 N–H and O–H groups in total. The molecule has 1 fully saturated rings. The van der Waals surface area contributed by atoms with Gasteiger partial charge in [-0.15, -0.1) is 0 Å². The lowest BCUT2D eigenvalue weighted by Gasteiger charge is -2.37. The van der Waals surface area contributed by atoms with Gasteiger partial charge in [-0.1, -0.05) is 12.1 Å². The highest BCUT2D eigenvalue weighted by Gasteiger charge is 2.40. The van der Waals surface area contributed by atoms with Crippen LogP contribution >= 0.6 is 0 Å². The number of rotatable bonds is 3. The Hall–Kier alpha value is -2.73. The molecule has 0 unspecified atom stereocenters. The number of sulfonamides is 1. The number of aryl methyl sites for hydroxylation is 1. The maximum absolute atomic E-state index is 13.4. The lowest BCUT2D eigenvalue weighted by molar-refractivity contribution is -0.139. The Kier molecular flexibility index (Phi) is 5.08. The van der Waals surface area contributed by atoms with Crippen molar-refractivity contribution in [2.75, 3.05) is 31.1 Å². The van der Waals surface area contributed by atoms with Crippen molar-refractivity contribution in [3.05, 3.63) is 47.4 Å². The van der Waals surface area contributed by atoms with Crippen molar-refractivity contribution in [1.82, 2.24) is 23.9 Å². The van der Waals surface area contributed by atoms with E-state index >= 15 is 0 Å². The number of benzene rings is 1. The Morgan fingerprint density at radius 1 is 0.969 bits per heavy atom. The summed E-state index contributed by atoms with van der Waals surface area (Å²) in [4.78, 5) is 10.1. The normalized spacial score (nSPS) is 18.2. The van der Waals surface area contributed by atoms with E-state index in [4.69, 9.17) is 0 Å². The fourth-order valence-corrected chi connectivity index (χ4v) is 6.13. The van der Waals surface area contributed by atoms with Gasteiger partial charge in [0.25, 0.3) is 5.78 Å². The molecular formula is C20H21F3N6O2S. The average molecular weight is 466 g/mol. The zero-order chi connectivity index (χ0) is 22.5. The van der Waals surface area contributed by atoms with Crippen LogP contribution in [-0.4, -0.2) is 58.5 Å². The molecule has 0 bridgehead atoms. The Morgan fingerprint density at radius 2 is 1.69 bits per heavy atom. The number of anilines is 1. The number of hydrogen-bond acceptors (Lipinski definition) is 6. The smallest absolute Gasteiger partial charge is 0.354 e. The van der Waals surface area contributed by atoms with Crippen molar-refractivity contribution >= 4 is 21.6 Å². The zero-order valence-electron chi connectivity index (χ0n) is 17.1. The van der Waals surface area contributed by atoms with E-state index in [0.29, 0.717) is 18.9 Å². The summed E-state index contributed by atoms with van der Waals surface area (Å²) < 4.78 is 69.1. The fourth-order valence-electron chi connectivity index (χ4n) is 4.49. The highest BCUT2D eigenvalue weighted by atomic mass is 32.2. The van der Waals surface area contributed by atoms with Gasteiger partial charge in [0.1, 0.15) is 12.1 Å². The molecule has 2 aromatic heterocycles. The molecule has 5 rings (SSSR count). The lowest BCUT2D eigenvalue weighted by Crippen LogP contribution is -2.49. The first-order valence-electron chi connectivity index (χ1n) is 10.4. The van der Waals surface area contributed by atoms with Crippen molar-refractivity contribution in [1.29, 1.82) is 0 Å². The van der Waals surface area contributed by atoms with Gasteiger partial charge in [-0.05, 0) is 37.8 Å². The van der Waals surface area contributed by atoms with E-state index in [9.17, 15) is 21.6 Å². The van der Waals surface area contributed by atoms with Crippen LogP contribution in [0.25, 0.3) is 5.78 Å². The van der Waals surface area contributed by atoms with E-state index in [0.717, 1.165) is 59.2 Å². The summed E-state index contributed by atoms with van der Waals surface area (Å²) >= 11 is 0. The summed E-state index contributed by atoms with van der Waals surface area (Å²) in [6, 6.07) is 4.31. The second-order valence-corrected chi connectivity index (χ2v) is 9.83. The molecule has 3 aromatic rings. The van der Waals surface area contributed by atoms with Crippen LogP contribution < -0.4 is 4.90 Å². The first-order valence-corrected chi connectivity index (χ1v) is 11.8. The number of fused-ring (bicyclic) bond motifs is 2. The average Bonchev–Trinajstić information content (AvgIpc) is 3.25. The minimum atomic E-state index is -4.75. The summed E-state index contributed by atoms with van der Waals surface area (Å²) in [6.45, 7) is 0.807. The molecular weight excluding hydrogens is 445 g/mol.